The molecule has 1 atom stereocenters. The van der Waals surface area contributed by atoms with Crippen LogP contribution in [0.1, 0.15) is 33.6 Å². The molecular weight excluding hydrogens is 328 g/mol. The number of fused-ring (bicyclic) bond motifs is 1. The minimum atomic E-state index is -0.818. The van der Waals surface area contributed by atoms with Gasteiger partial charge >= 0.3 is 5.97 Å². The van der Waals surface area contributed by atoms with Crippen LogP contribution in [0.2, 0.25) is 0 Å². The standard InChI is InChI=1S/C17H18N2O6/c20-14(18-8-11-4-3-7-24-11)10-25-15(21)9-19-16(22)12-5-1-2-6-13(12)17(19)23/h1-2,5-6,11H,3-4,7-10H2,(H,18,20)/t11-/m1/s1. The number of imide groups is 1. The first-order valence-electron chi connectivity index (χ1n) is 8.05. The second-order valence-electron chi connectivity index (χ2n) is 5.84. The van der Waals surface area contributed by atoms with Gasteiger partial charge in [-0.2, -0.15) is 0 Å². The molecule has 0 aliphatic carbocycles. The van der Waals surface area contributed by atoms with E-state index in [0.717, 1.165) is 17.7 Å². The zero-order chi connectivity index (χ0) is 17.8. The molecule has 1 aromatic rings. The molecule has 8 nitrogen and oxygen atoms in total. The summed E-state index contributed by atoms with van der Waals surface area (Å²) in [4.78, 5) is 48.6. The average Bonchev–Trinajstić information content (AvgIpc) is 3.22. The first-order chi connectivity index (χ1) is 12.1. The van der Waals surface area contributed by atoms with Gasteiger partial charge in [-0.1, -0.05) is 12.1 Å². The maximum absolute atomic E-state index is 12.1. The fraction of sp³-hybridized carbons (Fsp3) is 0.412. The van der Waals surface area contributed by atoms with Crippen LogP contribution in [0.25, 0.3) is 0 Å². The molecule has 3 rings (SSSR count). The highest BCUT2D eigenvalue weighted by molar-refractivity contribution is 6.22. The van der Waals surface area contributed by atoms with Gasteiger partial charge in [0.1, 0.15) is 6.54 Å². The summed E-state index contributed by atoms with van der Waals surface area (Å²) in [6.45, 7) is 0.0741. The molecule has 2 heterocycles. The number of nitrogens with one attached hydrogen (secondary N) is 1. The summed E-state index contributed by atoms with van der Waals surface area (Å²) >= 11 is 0. The van der Waals surface area contributed by atoms with Crippen LogP contribution in [-0.4, -0.2) is 61.0 Å². The number of esters is 1. The molecule has 2 aliphatic rings. The predicted molar refractivity (Wildman–Crippen MR) is 84.8 cm³/mol. The summed E-state index contributed by atoms with van der Waals surface area (Å²) in [5, 5.41) is 2.62. The first kappa shape index (κ1) is 17.1. The summed E-state index contributed by atoms with van der Waals surface area (Å²) < 4.78 is 10.2. The lowest BCUT2D eigenvalue weighted by Gasteiger charge is -2.13. The van der Waals surface area contributed by atoms with Crippen LogP contribution < -0.4 is 5.32 Å². The van der Waals surface area contributed by atoms with Crippen molar-refractivity contribution in [3.63, 3.8) is 0 Å². The highest BCUT2D eigenvalue weighted by Crippen LogP contribution is 2.22. The Morgan fingerprint density at radius 2 is 1.88 bits per heavy atom. The zero-order valence-corrected chi connectivity index (χ0v) is 13.5. The number of benzene rings is 1. The molecule has 1 fully saturated rings. The molecule has 0 aromatic heterocycles. The maximum Gasteiger partial charge on any atom is 0.326 e. The van der Waals surface area contributed by atoms with Crippen molar-refractivity contribution >= 4 is 23.7 Å². The second-order valence-corrected chi connectivity index (χ2v) is 5.84. The Kier molecular flexibility index (Phi) is 5.08. The van der Waals surface area contributed by atoms with Gasteiger partial charge in [-0.15, -0.1) is 0 Å². The molecule has 3 amide bonds. The topological polar surface area (TPSA) is 102 Å². The predicted octanol–water partition coefficient (Wildman–Crippen LogP) is 0.121. The van der Waals surface area contributed by atoms with E-state index in [1.807, 2.05) is 0 Å². The van der Waals surface area contributed by atoms with Gasteiger partial charge in [0.15, 0.2) is 6.61 Å². The van der Waals surface area contributed by atoms with Crippen molar-refractivity contribution in [2.75, 3.05) is 26.3 Å². The van der Waals surface area contributed by atoms with Crippen LogP contribution in [0.5, 0.6) is 0 Å². The summed E-state index contributed by atoms with van der Waals surface area (Å²) in [6, 6.07) is 6.34. The van der Waals surface area contributed by atoms with E-state index in [-0.39, 0.29) is 17.2 Å². The number of hydrogen-bond donors (Lipinski definition) is 1. The maximum atomic E-state index is 12.1. The molecule has 132 valence electrons. The van der Waals surface area contributed by atoms with E-state index < -0.39 is 36.8 Å². The number of carbonyl (C=O) groups excluding carboxylic acids is 4. The van der Waals surface area contributed by atoms with Crippen molar-refractivity contribution in [2.45, 2.75) is 18.9 Å². The van der Waals surface area contributed by atoms with Gasteiger partial charge in [0.25, 0.3) is 17.7 Å². The van der Waals surface area contributed by atoms with E-state index in [0.29, 0.717) is 13.2 Å². The monoisotopic (exact) mass is 346 g/mol. The molecule has 0 radical (unpaired) electrons. The van der Waals surface area contributed by atoms with E-state index in [1.165, 1.54) is 12.1 Å². The molecule has 1 aromatic carbocycles. The molecule has 25 heavy (non-hydrogen) atoms. The Morgan fingerprint density at radius 1 is 1.20 bits per heavy atom. The van der Waals surface area contributed by atoms with Gasteiger partial charge in [-0.05, 0) is 25.0 Å². The van der Waals surface area contributed by atoms with Crippen molar-refractivity contribution in [3.05, 3.63) is 35.4 Å². The molecular formula is C17H18N2O6. The molecule has 1 N–H and O–H groups in total. The number of amides is 3. The van der Waals surface area contributed by atoms with Crippen LogP contribution in [0.3, 0.4) is 0 Å². The fourth-order valence-corrected chi connectivity index (χ4v) is 2.79. The first-order valence-corrected chi connectivity index (χ1v) is 8.05. The van der Waals surface area contributed by atoms with E-state index in [2.05, 4.69) is 5.32 Å². The zero-order valence-electron chi connectivity index (χ0n) is 13.5. The van der Waals surface area contributed by atoms with Gasteiger partial charge < -0.3 is 14.8 Å². The van der Waals surface area contributed by atoms with E-state index in [1.54, 1.807) is 12.1 Å². The van der Waals surface area contributed by atoms with Gasteiger partial charge in [0.2, 0.25) is 0 Å². The number of rotatable bonds is 6. The van der Waals surface area contributed by atoms with Crippen molar-refractivity contribution in [1.29, 1.82) is 0 Å². The van der Waals surface area contributed by atoms with E-state index in [9.17, 15) is 19.2 Å². The Balaban J connectivity index is 1.44. The summed E-state index contributed by atoms with van der Waals surface area (Å²) in [7, 11) is 0. The highest BCUT2D eigenvalue weighted by atomic mass is 16.5. The largest absolute Gasteiger partial charge is 0.454 e. The van der Waals surface area contributed by atoms with Crippen LogP contribution in [0.4, 0.5) is 0 Å². The average molecular weight is 346 g/mol. The van der Waals surface area contributed by atoms with E-state index >= 15 is 0 Å². The lowest BCUT2D eigenvalue weighted by Crippen LogP contribution is -2.38. The van der Waals surface area contributed by atoms with Crippen LogP contribution >= 0.6 is 0 Å². The highest BCUT2D eigenvalue weighted by Gasteiger charge is 2.36. The van der Waals surface area contributed by atoms with Gasteiger partial charge in [0, 0.05) is 13.2 Å². The Hall–Kier alpha value is -2.74. The minimum absolute atomic E-state index is 0.00185. The van der Waals surface area contributed by atoms with Crippen LogP contribution in [-0.2, 0) is 19.1 Å². The second kappa shape index (κ2) is 7.43. The molecule has 0 spiro atoms. The third kappa shape index (κ3) is 3.85. The third-order valence-electron chi connectivity index (χ3n) is 4.08. The fourth-order valence-electron chi connectivity index (χ4n) is 2.79. The normalized spacial score (nSPS) is 19.0. The number of hydrogen-bond acceptors (Lipinski definition) is 6. The van der Waals surface area contributed by atoms with Crippen molar-refractivity contribution < 1.29 is 28.7 Å². The van der Waals surface area contributed by atoms with Gasteiger partial charge in [-0.25, -0.2) is 0 Å². The van der Waals surface area contributed by atoms with Crippen LogP contribution in [0.15, 0.2) is 24.3 Å². The molecule has 8 heteroatoms. The molecule has 2 aliphatic heterocycles. The Labute approximate surface area is 144 Å². The summed E-state index contributed by atoms with van der Waals surface area (Å²) in [6.07, 6.45) is 1.85. The summed E-state index contributed by atoms with van der Waals surface area (Å²) in [5.74, 6) is -2.35. The Morgan fingerprint density at radius 3 is 2.48 bits per heavy atom. The van der Waals surface area contributed by atoms with Crippen molar-refractivity contribution in [1.82, 2.24) is 10.2 Å². The number of carbonyl (C=O) groups is 4. The van der Waals surface area contributed by atoms with Crippen molar-refractivity contribution in [2.24, 2.45) is 0 Å². The molecule has 1 saturated heterocycles. The molecule has 0 unspecified atom stereocenters. The van der Waals surface area contributed by atoms with Gasteiger partial charge in [0.05, 0.1) is 17.2 Å². The number of nitrogens with zero attached hydrogens (tertiary/aromatic N) is 1. The third-order valence-corrected chi connectivity index (χ3v) is 4.08. The van der Waals surface area contributed by atoms with Crippen LogP contribution in [0, 0.1) is 0 Å². The molecule has 0 bridgehead atoms. The molecule has 0 saturated carbocycles. The lowest BCUT2D eigenvalue weighted by atomic mass is 10.1. The quantitative estimate of drug-likeness (QED) is 0.580. The minimum Gasteiger partial charge on any atom is -0.454 e. The SMILES string of the molecule is O=C(COC(=O)CN1C(=O)c2ccccc2C1=O)NC[C@H]1CCCO1. The lowest BCUT2D eigenvalue weighted by molar-refractivity contribution is -0.148. The van der Waals surface area contributed by atoms with Gasteiger partial charge in [-0.3, -0.25) is 24.1 Å². The summed E-state index contributed by atoms with van der Waals surface area (Å²) in [5.41, 5.74) is 0.518. The van der Waals surface area contributed by atoms with E-state index in [4.69, 9.17) is 9.47 Å². The number of ether oxygens (including phenoxy) is 2. The smallest absolute Gasteiger partial charge is 0.326 e. The Bertz CT molecular complexity index is 676. The van der Waals surface area contributed by atoms with Crippen molar-refractivity contribution in [3.8, 4) is 0 Å².